The molecule has 0 radical (unpaired) electrons. The van der Waals surface area contributed by atoms with Gasteiger partial charge in [0.1, 0.15) is 11.9 Å². The van der Waals surface area contributed by atoms with E-state index in [9.17, 15) is 9.59 Å². The third kappa shape index (κ3) is 6.22. The summed E-state index contributed by atoms with van der Waals surface area (Å²) < 4.78 is 5.26. The van der Waals surface area contributed by atoms with Crippen LogP contribution in [0.2, 0.25) is 0 Å². The van der Waals surface area contributed by atoms with Crippen LogP contribution < -0.4 is 0 Å². The van der Waals surface area contributed by atoms with Crippen LogP contribution >= 0.6 is 0 Å². The van der Waals surface area contributed by atoms with Gasteiger partial charge < -0.3 is 9.64 Å². The van der Waals surface area contributed by atoms with Crippen LogP contribution in [-0.4, -0.2) is 35.5 Å². The summed E-state index contributed by atoms with van der Waals surface area (Å²) in [6.07, 6.45) is 3.34. The highest BCUT2D eigenvalue weighted by atomic mass is 16.6. The number of hydrogen-bond acceptors (Lipinski definition) is 3. The monoisotopic (exact) mass is 227 g/mol. The van der Waals surface area contributed by atoms with Crippen molar-refractivity contribution < 1.29 is 14.3 Å². The lowest BCUT2D eigenvalue weighted by Gasteiger charge is -2.29. The average Bonchev–Trinajstić information content (AvgIpc) is 2.08. The maximum absolute atomic E-state index is 11.8. The standard InChI is InChI=1S/C12H21NO3/c1-10(2)13(8-6-7-9-14)11(15)16-12(3,4)5/h6-7,9-10H,8H2,1-5H3/b7-6+. The summed E-state index contributed by atoms with van der Waals surface area (Å²) >= 11 is 0. The predicted molar refractivity (Wildman–Crippen MR) is 63.3 cm³/mol. The van der Waals surface area contributed by atoms with Crippen molar-refractivity contribution in [1.29, 1.82) is 0 Å². The van der Waals surface area contributed by atoms with Crippen molar-refractivity contribution in [2.24, 2.45) is 0 Å². The predicted octanol–water partition coefficient (Wildman–Crippen LogP) is 2.39. The van der Waals surface area contributed by atoms with Crippen molar-refractivity contribution in [3.05, 3.63) is 12.2 Å². The van der Waals surface area contributed by atoms with Crippen LogP contribution in [-0.2, 0) is 9.53 Å². The number of hydrogen-bond donors (Lipinski definition) is 0. The van der Waals surface area contributed by atoms with E-state index in [1.165, 1.54) is 6.08 Å². The molecule has 0 fully saturated rings. The minimum absolute atomic E-state index is 0.0335. The smallest absolute Gasteiger partial charge is 0.410 e. The Labute approximate surface area is 97.3 Å². The van der Waals surface area contributed by atoms with E-state index in [-0.39, 0.29) is 12.1 Å². The Morgan fingerprint density at radius 1 is 1.38 bits per heavy atom. The molecule has 16 heavy (non-hydrogen) atoms. The van der Waals surface area contributed by atoms with Crippen molar-refractivity contribution in [3.63, 3.8) is 0 Å². The second-order valence-electron chi connectivity index (χ2n) is 4.79. The molecule has 0 saturated heterocycles. The van der Waals surface area contributed by atoms with Gasteiger partial charge in [0.25, 0.3) is 0 Å². The van der Waals surface area contributed by atoms with Crippen LogP contribution in [0.5, 0.6) is 0 Å². The third-order valence-electron chi connectivity index (χ3n) is 1.77. The quantitative estimate of drug-likeness (QED) is 0.547. The highest BCUT2D eigenvalue weighted by Gasteiger charge is 2.22. The number of carbonyl (C=O) groups is 2. The van der Waals surface area contributed by atoms with Crippen LogP contribution in [0.15, 0.2) is 12.2 Å². The van der Waals surface area contributed by atoms with E-state index in [0.29, 0.717) is 12.8 Å². The number of aldehydes is 1. The SMILES string of the molecule is CC(C)N(C/C=C/C=O)C(=O)OC(C)(C)C. The van der Waals surface area contributed by atoms with Crippen molar-refractivity contribution in [1.82, 2.24) is 4.90 Å². The third-order valence-corrected chi connectivity index (χ3v) is 1.77. The highest BCUT2D eigenvalue weighted by molar-refractivity contribution is 5.69. The summed E-state index contributed by atoms with van der Waals surface area (Å²) in [6, 6.07) is 0.0335. The molecule has 0 saturated carbocycles. The number of nitrogens with zero attached hydrogens (tertiary/aromatic N) is 1. The van der Waals surface area contributed by atoms with Gasteiger partial charge in [-0.2, -0.15) is 0 Å². The van der Waals surface area contributed by atoms with Crippen molar-refractivity contribution >= 4 is 12.4 Å². The first-order valence-corrected chi connectivity index (χ1v) is 5.38. The molecular formula is C12H21NO3. The molecule has 0 N–H and O–H groups in total. The molecule has 0 aromatic rings. The lowest BCUT2D eigenvalue weighted by Crippen LogP contribution is -2.41. The van der Waals surface area contributed by atoms with Crippen LogP contribution in [0.4, 0.5) is 4.79 Å². The fraction of sp³-hybridized carbons (Fsp3) is 0.667. The zero-order chi connectivity index (χ0) is 12.8. The molecule has 0 spiro atoms. The van der Waals surface area contributed by atoms with Crippen LogP contribution in [0.3, 0.4) is 0 Å². The van der Waals surface area contributed by atoms with Gasteiger partial charge >= 0.3 is 6.09 Å². The number of allylic oxidation sites excluding steroid dienone is 1. The first-order chi connectivity index (χ1) is 7.28. The number of carbonyl (C=O) groups excluding carboxylic acids is 2. The average molecular weight is 227 g/mol. The molecule has 1 amide bonds. The van der Waals surface area contributed by atoms with Gasteiger partial charge in [0, 0.05) is 12.6 Å². The normalized spacial score (nSPS) is 11.9. The minimum Gasteiger partial charge on any atom is -0.444 e. The zero-order valence-electron chi connectivity index (χ0n) is 10.7. The molecule has 4 nitrogen and oxygen atoms in total. The molecule has 0 rings (SSSR count). The van der Waals surface area contributed by atoms with Gasteiger partial charge in [-0.05, 0) is 40.7 Å². The molecule has 4 heteroatoms. The van der Waals surface area contributed by atoms with Gasteiger partial charge in [0.2, 0.25) is 0 Å². The Morgan fingerprint density at radius 3 is 2.31 bits per heavy atom. The van der Waals surface area contributed by atoms with E-state index in [0.717, 1.165) is 0 Å². The maximum atomic E-state index is 11.8. The summed E-state index contributed by atoms with van der Waals surface area (Å²) in [6.45, 7) is 9.66. The molecule has 0 atom stereocenters. The van der Waals surface area contributed by atoms with Gasteiger partial charge in [-0.15, -0.1) is 0 Å². The Morgan fingerprint density at radius 2 is 1.94 bits per heavy atom. The number of amides is 1. The van der Waals surface area contributed by atoms with E-state index in [1.807, 2.05) is 34.6 Å². The van der Waals surface area contributed by atoms with Gasteiger partial charge in [-0.25, -0.2) is 4.79 Å². The molecule has 0 unspecified atom stereocenters. The summed E-state index contributed by atoms with van der Waals surface area (Å²) in [4.78, 5) is 23.5. The summed E-state index contributed by atoms with van der Waals surface area (Å²) in [7, 11) is 0. The Kier molecular flexibility index (Phi) is 5.78. The zero-order valence-corrected chi connectivity index (χ0v) is 10.7. The number of ether oxygens (including phenoxy) is 1. The lowest BCUT2D eigenvalue weighted by molar-refractivity contribution is -0.104. The highest BCUT2D eigenvalue weighted by Crippen LogP contribution is 2.11. The molecule has 0 aromatic heterocycles. The van der Waals surface area contributed by atoms with E-state index < -0.39 is 5.60 Å². The molecule has 0 aliphatic rings. The van der Waals surface area contributed by atoms with Crippen LogP contribution in [0.1, 0.15) is 34.6 Å². The maximum Gasteiger partial charge on any atom is 0.410 e. The second-order valence-corrected chi connectivity index (χ2v) is 4.79. The Hall–Kier alpha value is -1.32. The summed E-state index contributed by atoms with van der Waals surface area (Å²) in [5, 5.41) is 0. The minimum atomic E-state index is -0.501. The van der Waals surface area contributed by atoms with E-state index in [1.54, 1.807) is 11.0 Å². The van der Waals surface area contributed by atoms with E-state index in [4.69, 9.17) is 4.74 Å². The lowest BCUT2D eigenvalue weighted by atomic mass is 10.2. The van der Waals surface area contributed by atoms with Gasteiger partial charge in [-0.3, -0.25) is 4.79 Å². The fourth-order valence-electron chi connectivity index (χ4n) is 1.05. The topological polar surface area (TPSA) is 46.6 Å². The molecule has 0 aliphatic carbocycles. The second kappa shape index (κ2) is 6.30. The van der Waals surface area contributed by atoms with E-state index >= 15 is 0 Å². The molecule has 0 heterocycles. The number of rotatable bonds is 4. The van der Waals surface area contributed by atoms with Crippen molar-refractivity contribution in [2.75, 3.05) is 6.54 Å². The Balaban J connectivity index is 4.47. The molecule has 92 valence electrons. The van der Waals surface area contributed by atoms with Gasteiger partial charge in [0.05, 0.1) is 0 Å². The summed E-state index contributed by atoms with van der Waals surface area (Å²) in [5.74, 6) is 0. The van der Waals surface area contributed by atoms with Crippen molar-refractivity contribution in [2.45, 2.75) is 46.3 Å². The largest absolute Gasteiger partial charge is 0.444 e. The molecular weight excluding hydrogens is 206 g/mol. The summed E-state index contributed by atoms with van der Waals surface area (Å²) in [5.41, 5.74) is -0.501. The van der Waals surface area contributed by atoms with Gasteiger partial charge in [0.15, 0.2) is 0 Å². The molecule has 0 aromatic carbocycles. The van der Waals surface area contributed by atoms with E-state index in [2.05, 4.69) is 0 Å². The van der Waals surface area contributed by atoms with Crippen molar-refractivity contribution in [3.8, 4) is 0 Å². The van der Waals surface area contributed by atoms with Crippen LogP contribution in [0.25, 0.3) is 0 Å². The van der Waals surface area contributed by atoms with Crippen LogP contribution in [0, 0.1) is 0 Å². The first kappa shape index (κ1) is 14.7. The molecule has 0 aliphatic heterocycles. The first-order valence-electron chi connectivity index (χ1n) is 5.38. The Bertz CT molecular complexity index is 264. The fourth-order valence-corrected chi connectivity index (χ4v) is 1.05. The molecule has 0 bridgehead atoms. The van der Waals surface area contributed by atoms with Gasteiger partial charge in [-0.1, -0.05) is 6.08 Å².